The van der Waals surface area contributed by atoms with Crippen LogP contribution in [0.1, 0.15) is 0 Å². The van der Waals surface area contributed by atoms with Crippen LogP contribution in [0.5, 0.6) is 0 Å². The number of hydrogen-bond acceptors (Lipinski definition) is 3. The molecular formula is C52H33NOS. The first-order valence-corrected chi connectivity index (χ1v) is 19.5. The van der Waals surface area contributed by atoms with E-state index in [4.69, 9.17) is 4.42 Å². The number of nitrogens with zero attached hydrogens (tertiary/aromatic N) is 1. The maximum atomic E-state index is 6.76. The maximum Gasteiger partial charge on any atom is 0.143 e. The van der Waals surface area contributed by atoms with E-state index in [1.165, 1.54) is 53.2 Å². The summed E-state index contributed by atoms with van der Waals surface area (Å²) in [6.07, 6.45) is 0. The summed E-state index contributed by atoms with van der Waals surface area (Å²) in [6.45, 7) is 0. The predicted octanol–water partition coefficient (Wildman–Crippen LogP) is 15.6. The van der Waals surface area contributed by atoms with Gasteiger partial charge in [0, 0.05) is 53.4 Å². The molecule has 9 aromatic carbocycles. The van der Waals surface area contributed by atoms with Gasteiger partial charge in [-0.25, -0.2) is 0 Å². The van der Waals surface area contributed by atoms with E-state index in [0.717, 1.165) is 50.1 Å². The molecule has 55 heavy (non-hydrogen) atoms. The predicted molar refractivity (Wildman–Crippen MR) is 235 cm³/mol. The van der Waals surface area contributed by atoms with E-state index in [9.17, 15) is 0 Å². The van der Waals surface area contributed by atoms with E-state index in [0.29, 0.717) is 0 Å². The molecule has 0 aliphatic rings. The molecule has 2 aromatic heterocycles. The average molecular weight is 720 g/mol. The first-order valence-electron chi connectivity index (χ1n) is 18.7. The molecule has 0 saturated carbocycles. The summed E-state index contributed by atoms with van der Waals surface area (Å²) in [6, 6.07) is 72.1. The van der Waals surface area contributed by atoms with Gasteiger partial charge in [-0.15, -0.1) is 11.3 Å². The molecule has 0 amide bonds. The van der Waals surface area contributed by atoms with Gasteiger partial charge in [0.25, 0.3) is 0 Å². The van der Waals surface area contributed by atoms with Crippen LogP contribution in [-0.4, -0.2) is 0 Å². The van der Waals surface area contributed by atoms with Gasteiger partial charge in [0.2, 0.25) is 0 Å². The summed E-state index contributed by atoms with van der Waals surface area (Å²) >= 11 is 1.87. The van der Waals surface area contributed by atoms with Crippen molar-refractivity contribution in [3.63, 3.8) is 0 Å². The first kappa shape index (κ1) is 31.6. The number of fused-ring (bicyclic) bond motifs is 7. The molecule has 0 aliphatic carbocycles. The Bertz CT molecular complexity index is 3190. The Morgan fingerprint density at radius 2 is 0.964 bits per heavy atom. The Kier molecular flexibility index (Phi) is 7.39. The summed E-state index contributed by atoms with van der Waals surface area (Å²) in [7, 11) is 0. The minimum Gasteiger partial charge on any atom is -0.455 e. The van der Waals surface area contributed by atoms with Crippen molar-refractivity contribution in [2.24, 2.45) is 0 Å². The summed E-state index contributed by atoms with van der Waals surface area (Å²) in [5, 5.41) is 7.26. The monoisotopic (exact) mass is 719 g/mol. The first-order chi connectivity index (χ1) is 27.3. The second kappa shape index (κ2) is 12.9. The summed E-state index contributed by atoms with van der Waals surface area (Å²) in [5.41, 5.74) is 12.0. The molecule has 0 aliphatic heterocycles. The van der Waals surface area contributed by atoms with Crippen molar-refractivity contribution in [1.82, 2.24) is 0 Å². The van der Waals surface area contributed by atoms with Gasteiger partial charge in [-0.2, -0.15) is 0 Å². The molecule has 2 nitrogen and oxygen atoms in total. The second-order valence-electron chi connectivity index (χ2n) is 14.1. The quantitative estimate of drug-likeness (QED) is 0.170. The van der Waals surface area contributed by atoms with Crippen molar-refractivity contribution in [3.8, 4) is 33.4 Å². The third-order valence-corrected chi connectivity index (χ3v) is 12.1. The lowest BCUT2D eigenvalue weighted by Gasteiger charge is -2.28. The number of rotatable bonds is 6. The Labute approximate surface area is 322 Å². The third-order valence-electron chi connectivity index (χ3n) is 10.9. The van der Waals surface area contributed by atoms with Crippen LogP contribution in [0.4, 0.5) is 17.1 Å². The zero-order chi connectivity index (χ0) is 36.3. The van der Waals surface area contributed by atoms with E-state index in [1.54, 1.807) is 0 Å². The van der Waals surface area contributed by atoms with E-state index in [-0.39, 0.29) is 0 Å². The van der Waals surface area contributed by atoms with Crippen LogP contribution in [-0.2, 0) is 0 Å². The lowest BCUT2D eigenvalue weighted by Crippen LogP contribution is -2.11. The molecule has 258 valence electrons. The van der Waals surface area contributed by atoms with Crippen LogP contribution in [0.15, 0.2) is 205 Å². The zero-order valence-electron chi connectivity index (χ0n) is 29.8. The van der Waals surface area contributed by atoms with Gasteiger partial charge >= 0.3 is 0 Å². The highest BCUT2D eigenvalue weighted by Crippen LogP contribution is 2.46. The highest BCUT2D eigenvalue weighted by Gasteiger charge is 2.21. The van der Waals surface area contributed by atoms with Crippen LogP contribution in [0.3, 0.4) is 0 Å². The van der Waals surface area contributed by atoms with Crippen molar-refractivity contribution in [3.05, 3.63) is 200 Å². The van der Waals surface area contributed by atoms with E-state index in [1.807, 2.05) is 11.3 Å². The van der Waals surface area contributed by atoms with Gasteiger partial charge in [0.1, 0.15) is 11.2 Å². The van der Waals surface area contributed by atoms with Crippen molar-refractivity contribution in [2.45, 2.75) is 0 Å². The molecule has 11 aromatic rings. The van der Waals surface area contributed by atoms with Gasteiger partial charge in [0.05, 0.1) is 5.69 Å². The SMILES string of the molecule is c1ccc(-c2ccc(N(c3ccc(-c4cccc5c4sc4ccccc45)cc3)c3ccccc3-c3cccc4c3oc3cc5ccccc5cc34)cc2)cc1. The highest BCUT2D eigenvalue weighted by atomic mass is 32.1. The second-order valence-corrected chi connectivity index (χ2v) is 15.1. The molecule has 2 heterocycles. The average Bonchev–Trinajstić information content (AvgIpc) is 3.82. The largest absolute Gasteiger partial charge is 0.455 e. The molecule has 0 radical (unpaired) electrons. The number of hydrogen-bond donors (Lipinski definition) is 0. The molecule has 0 N–H and O–H groups in total. The lowest BCUT2D eigenvalue weighted by atomic mass is 9.98. The van der Waals surface area contributed by atoms with Crippen LogP contribution in [0.2, 0.25) is 0 Å². The fraction of sp³-hybridized carbons (Fsp3) is 0. The third kappa shape index (κ3) is 5.32. The maximum absolute atomic E-state index is 6.76. The number of anilines is 3. The standard InChI is InChI=1S/C52H33NOS/c1-2-12-34(13-3-1)35-24-28-39(29-25-35)53(40-30-26-36(27-31-40)41-18-10-21-46-43-17-7-9-23-50(43)55-52(41)46)48-22-8-6-16-42(48)44-19-11-20-45-47-32-37-14-4-5-15-38(37)33-49(47)54-51(44)45/h1-33H. The summed E-state index contributed by atoms with van der Waals surface area (Å²) in [5.74, 6) is 0. The van der Waals surface area contributed by atoms with Crippen molar-refractivity contribution in [2.75, 3.05) is 4.90 Å². The van der Waals surface area contributed by atoms with Gasteiger partial charge in [-0.3, -0.25) is 0 Å². The fourth-order valence-electron chi connectivity index (χ4n) is 8.22. The minimum atomic E-state index is 0.895. The van der Waals surface area contributed by atoms with Gasteiger partial charge in [0.15, 0.2) is 0 Å². The van der Waals surface area contributed by atoms with Crippen LogP contribution in [0, 0.1) is 0 Å². The summed E-state index contributed by atoms with van der Waals surface area (Å²) in [4.78, 5) is 2.38. The molecule has 0 bridgehead atoms. The molecular weight excluding hydrogens is 687 g/mol. The Morgan fingerprint density at radius 3 is 1.76 bits per heavy atom. The zero-order valence-corrected chi connectivity index (χ0v) is 30.6. The minimum absolute atomic E-state index is 0.895. The molecule has 0 unspecified atom stereocenters. The van der Waals surface area contributed by atoms with Crippen LogP contribution in [0.25, 0.3) is 86.3 Å². The highest BCUT2D eigenvalue weighted by molar-refractivity contribution is 7.26. The van der Waals surface area contributed by atoms with Gasteiger partial charge in [-0.05, 0) is 81.6 Å². The smallest absolute Gasteiger partial charge is 0.143 e. The van der Waals surface area contributed by atoms with Crippen molar-refractivity contribution < 1.29 is 4.42 Å². The Hall–Kier alpha value is -6.94. The number of para-hydroxylation sites is 2. The van der Waals surface area contributed by atoms with Crippen molar-refractivity contribution >= 4 is 81.3 Å². The number of benzene rings is 9. The number of thiophene rings is 1. The number of furan rings is 1. The molecule has 3 heteroatoms. The topological polar surface area (TPSA) is 16.4 Å². The Morgan fingerprint density at radius 1 is 0.382 bits per heavy atom. The van der Waals surface area contributed by atoms with E-state index >= 15 is 0 Å². The summed E-state index contributed by atoms with van der Waals surface area (Å²) < 4.78 is 9.40. The molecule has 11 rings (SSSR count). The normalized spacial score (nSPS) is 11.6. The fourth-order valence-corrected chi connectivity index (χ4v) is 9.46. The Balaban J connectivity index is 1.08. The van der Waals surface area contributed by atoms with Crippen LogP contribution >= 0.6 is 11.3 Å². The molecule has 0 saturated heterocycles. The van der Waals surface area contributed by atoms with Crippen LogP contribution < -0.4 is 4.90 Å². The molecule has 0 atom stereocenters. The van der Waals surface area contributed by atoms with Gasteiger partial charge < -0.3 is 9.32 Å². The lowest BCUT2D eigenvalue weighted by molar-refractivity contribution is 0.670. The molecule has 0 fully saturated rings. The molecule has 0 spiro atoms. The van der Waals surface area contributed by atoms with Crippen molar-refractivity contribution in [1.29, 1.82) is 0 Å². The van der Waals surface area contributed by atoms with E-state index < -0.39 is 0 Å². The van der Waals surface area contributed by atoms with E-state index in [2.05, 4.69) is 205 Å². The van der Waals surface area contributed by atoms with Gasteiger partial charge in [-0.1, -0.05) is 152 Å².